The quantitative estimate of drug-likeness (QED) is 0.653. The number of allylic oxidation sites excluding steroid dienone is 1. The van der Waals surface area contributed by atoms with Crippen LogP contribution in [0.1, 0.15) is 26.3 Å². The molecule has 0 unspecified atom stereocenters. The third kappa shape index (κ3) is 5.19. The third-order valence-electron chi connectivity index (χ3n) is 3.66. The largest absolute Gasteiger partial charge is 0.545 e. The molecule has 6 nitrogen and oxygen atoms in total. The van der Waals surface area contributed by atoms with Crippen molar-refractivity contribution in [1.29, 1.82) is 0 Å². The van der Waals surface area contributed by atoms with Gasteiger partial charge in [-0.25, -0.2) is 0 Å². The van der Waals surface area contributed by atoms with Gasteiger partial charge in [0.05, 0.1) is 5.97 Å². The number of carbonyl (C=O) groups is 2. The van der Waals surface area contributed by atoms with E-state index >= 15 is 0 Å². The summed E-state index contributed by atoms with van der Waals surface area (Å²) in [7, 11) is 0. The third-order valence-corrected chi connectivity index (χ3v) is 3.66. The second-order valence-electron chi connectivity index (χ2n) is 5.61. The first-order chi connectivity index (χ1) is 12.5. The number of carboxylic acid groups (broad SMARTS) is 1. The van der Waals surface area contributed by atoms with Gasteiger partial charge in [-0.15, -0.1) is 6.58 Å². The molecule has 0 fully saturated rings. The van der Waals surface area contributed by atoms with Crippen LogP contribution >= 0.6 is 0 Å². The van der Waals surface area contributed by atoms with E-state index in [1.54, 1.807) is 18.2 Å². The van der Waals surface area contributed by atoms with E-state index in [1.165, 1.54) is 18.2 Å². The van der Waals surface area contributed by atoms with Crippen LogP contribution in [0.25, 0.3) is 0 Å². The van der Waals surface area contributed by atoms with Crippen molar-refractivity contribution in [3.8, 4) is 5.75 Å². The first-order valence-electron chi connectivity index (χ1n) is 8.11. The Kier molecular flexibility index (Phi) is 6.93. The standard InChI is InChI=1S/C20H21NO5/c1-2-7-14-8-3-6-11-18(14)26-13-15(22)12-21-19(23)16-9-4-5-10-17(16)20(24)25/h2-6,8-11,15,22H,1,7,12-13H2,(H,21,23)(H,24,25)/p-1/t15-/m1/s1. The molecule has 0 saturated carbocycles. The van der Waals surface area contributed by atoms with Crippen molar-refractivity contribution in [1.82, 2.24) is 5.32 Å². The van der Waals surface area contributed by atoms with Crippen molar-refractivity contribution in [2.24, 2.45) is 0 Å². The maximum Gasteiger partial charge on any atom is 0.252 e. The van der Waals surface area contributed by atoms with Crippen LogP contribution in [-0.2, 0) is 6.42 Å². The van der Waals surface area contributed by atoms with Gasteiger partial charge in [0.25, 0.3) is 5.91 Å². The lowest BCUT2D eigenvalue weighted by Crippen LogP contribution is -2.36. The predicted octanol–water partition coefficient (Wildman–Crippen LogP) is 0.948. The van der Waals surface area contributed by atoms with Crippen LogP contribution < -0.4 is 15.2 Å². The molecule has 1 atom stereocenters. The number of ether oxygens (including phenoxy) is 1. The van der Waals surface area contributed by atoms with Gasteiger partial charge in [0, 0.05) is 17.7 Å². The second kappa shape index (κ2) is 9.39. The van der Waals surface area contributed by atoms with Gasteiger partial charge in [-0.1, -0.05) is 42.5 Å². The number of carboxylic acids is 1. The number of aliphatic hydroxyl groups excluding tert-OH is 1. The molecule has 0 spiro atoms. The lowest BCUT2D eigenvalue weighted by Gasteiger charge is -2.16. The summed E-state index contributed by atoms with van der Waals surface area (Å²) in [6.45, 7) is 3.59. The van der Waals surface area contributed by atoms with Gasteiger partial charge in [-0.3, -0.25) is 4.79 Å². The van der Waals surface area contributed by atoms with Crippen molar-refractivity contribution >= 4 is 11.9 Å². The van der Waals surface area contributed by atoms with Crippen molar-refractivity contribution in [2.75, 3.05) is 13.2 Å². The molecule has 0 bridgehead atoms. The Balaban J connectivity index is 1.89. The summed E-state index contributed by atoms with van der Waals surface area (Å²) in [4.78, 5) is 23.2. The van der Waals surface area contributed by atoms with E-state index in [4.69, 9.17) is 4.74 Å². The van der Waals surface area contributed by atoms with Crippen LogP contribution in [-0.4, -0.2) is 36.2 Å². The van der Waals surface area contributed by atoms with E-state index < -0.39 is 18.0 Å². The SMILES string of the molecule is C=CCc1ccccc1OC[C@H](O)CNC(=O)c1ccccc1C(=O)[O-]. The Labute approximate surface area is 151 Å². The minimum atomic E-state index is -1.43. The first-order valence-corrected chi connectivity index (χ1v) is 8.11. The summed E-state index contributed by atoms with van der Waals surface area (Å²) in [6.07, 6.45) is 1.45. The zero-order chi connectivity index (χ0) is 18.9. The van der Waals surface area contributed by atoms with Crippen LogP contribution in [0.4, 0.5) is 0 Å². The van der Waals surface area contributed by atoms with Gasteiger partial charge in [-0.2, -0.15) is 0 Å². The van der Waals surface area contributed by atoms with Crippen molar-refractivity contribution in [2.45, 2.75) is 12.5 Å². The molecular weight excluding hydrogens is 334 g/mol. The number of rotatable bonds is 9. The molecule has 0 aliphatic heterocycles. The number of benzene rings is 2. The average molecular weight is 354 g/mol. The Morgan fingerprint density at radius 1 is 1.15 bits per heavy atom. The Bertz CT molecular complexity index is 787. The van der Waals surface area contributed by atoms with Crippen LogP contribution in [0.3, 0.4) is 0 Å². The molecule has 0 aliphatic carbocycles. The number of hydrogen-bond acceptors (Lipinski definition) is 5. The molecular formula is C20H20NO5-. The molecule has 2 aromatic carbocycles. The monoisotopic (exact) mass is 354 g/mol. The van der Waals surface area contributed by atoms with Gasteiger partial charge >= 0.3 is 0 Å². The Morgan fingerprint density at radius 3 is 2.50 bits per heavy atom. The maximum absolute atomic E-state index is 12.1. The number of aliphatic hydroxyl groups is 1. The Morgan fingerprint density at radius 2 is 1.81 bits per heavy atom. The summed E-state index contributed by atoms with van der Waals surface area (Å²) in [5.41, 5.74) is 0.729. The van der Waals surface area contributed by atoms with E-state index in [1.807, 2.05) is 18.2 Å². The summed E-state index contributed by atoms with van der Waals surface area (Å²) in [5.74, 6) is -1.39. The maximum atomic E-state index is 12.1. The van der Waals surface area contributed by atoms with Crippen LogP contribution in [0.15, 0.2) is 61.2 Å². The van der Waals surface area contributed by atoms with E-state index in [0.717, 1.165) is 5.56 Å². The zero-order valence-electron chi connectivity index (χ0n) is 14.2. The number of nitrogens with one attached hydrogen (secondary N) is 1. The highest BCUT2D eigenvalue weighted by molar-refractivity contribution is 6.04. The highest BCUT2D eigenvalue weighted by Crippen LogP contribution is 2.18. The number of hydrogen-bond donors (Lipinski definition) is 2. The Hall–Kier alpha value is -3.12. The van der Waals surface area contributed by atoms with Crippen LogP contribution in [0, 0.1) is 0 Å². The molecule has 6 heteroatoms. The normalized spacial score (nSPS) is 11.4. The van der Waals surface area contributed by atoms with Gasteiger partial charge in [0.2, 0.25) is 0 Å². The molecule has 0 saturated heterocycles. The van der Waals surface area contributed by atoms with Gasteiger partial charge in [-0.05, 0) is 24.1 Å². The van der Waals surface area contributed by atoms with E-state index in [-0.39, 0.29) is 24.3 Å². The van der Waals surface area contributed by atoms with E-state index in [2.05, 4.69) is 11.9 Å². The van der Waals surface area contributed by atoms with Crippen LogP contribution in [0.2, 0.25) is 0 Å². The fourth-order valence-electron chi connectivity index (χ4n) is 2.38. The molecule has 136 valence electrons. The fraction of sp³-hybridized carbons (Fsp3) is 0.200. The molecule has 2 rings (SSSR count). The van der Waals surface area contributed by atoms with Gasteiger partial charge in [0.15, 0.2) is 0 Å². The highest BCUT2D eigenvalue weighted by atomic mass is 16.5. The lowest BCUT2D eigenvalue weighted by molar-refractivity contribution is -0.255. The minimum Gasteiger partial charge on any atom is -0.545 e. The minimum absolute atomic E-state index is 0.0167. The topological polar surface area (TPSA) is 98.7 Å². The molecule has 0 radical (unpaired) electrons. The second-order valence-corrected chi connectivity index (χ2v) is 5.61. The number of carbonyl (C=O) groups excluding carboxylic acids is 2. The molecule has 26 heavy (non-hydrogen) atoms. The summed E-state index contributed by atoms with van der Waals surface area (Å²) < 4.78 is 5.60. The highest BCUT2D eigenvalue weighted by Gasteiger charge is 2.14. The van der Waals surface area contributed by atoms with Crippen molar-refractivity contribution < 1.29 is 24.5 Å². The number of aromatic carboxylic acids is 1. The van der Waals surface area contributed by atoms with E-state index in [0.29, 0.717) is 12.2 Å². The molecule has 2 N–H and O–H groups in total. The average Bonchev–Trinajstić information content (AvgIpc) is 2.65. The van der Waals surface area contributed by atoms with Crippen molar-refractivity contribution in [3.63, 3.8) is 0 Å². The summed E-state index contributed by atoms with van der Waals surface area (Å²) in [6, 6.07) is 13.1. The smallest absolute Gasteiger partial charge is 0.252 e. The molecule has 0 aliphatic rings. The summed E-state index contributed by atoms with van der Waals surface area (Å²) in [5, 5.41) is 23.6. The fourth-order valence-corrected chi connectivity index (χ4v) is 2.38. The molecule has 2 aromatic rings. The van der Waals surface area contributed by atoms with Crippen LogP contribution in [0.5, 0.6) is 5.75 Å². The predicted molar refractivity (Wildman–Crippen MR) is 95.0 cm³/mol. The zero-order valence-corrected chi connectivity index (χ0v) is 14.2. The number of para-hydroxylation sites is 1. The number of amides is 1. The molecule has 1 amide bonds. The first kappa shape index (κ1) is 19.2. The molecule has 0 aromatic heterocycles. The van der Waals surface area contributed by atoms with Gasteiger partial charge in [0.1, 0.15) is 18.5 Å². The molecule has 0 heterocycles. The van der Waals surface area contributed by atoms with E-state index in [9.17, 15) is 19.8 Å². The lowest BCUT2D eigenvalue weighted by atomic mass is 10.1. The summed E-state index contributed by atoms with van der Waals surface area (Å²) >= 11 is 0. The van der Waals surface area contributed by atoms with Gasteiger partial charge < -0.3 is 25.1 Å². The van der Waals surface area contributed by atoms with Crippen molar-refractivity contribution in [3.05, 3.63) is 77.9 Å².